The van der Waals surface area contributed by atoms with Crippen molar-refractivity contribution in [3.63, 3.8) is 0 Å². The van der Waals surface area contributed by atoms with Crippen LogP contribution < -0.4 is 16.0 Å². The minimum Gasteiger partial charge on any atom is -0.383 e. The fourth-order valence-electron chi connectivity index (χ4n) is 6.98. The molecule has 5 aliphatic rings. The van der Waals surface area contributed by atoms with Crippen molar-refractivity contribution in [3.8, 4) is 17.3 Å². The maximum atomic E-state index is 13.2. The van der Waals surface area contributed by atoms with Gasteiger partial charge in [-0.25, -0.2) is 9.67 Å². The number of rotatable bonds is 18. The lowest BCUT2D eigenvalue weighted by Gasteiger charge is -2.31. The number of hydrogen-bond acceptors (Lipinski definition) is 16. The zero-order valence-corrected chi connectivity index (χ0v) is 30.7. The van der Waals surface area contributed by atoms with Crippen molar-refractivity contribution >= 4 is 47.6 Å². The summed E-state index contributed by atoms with van der Waals surface area (Å²) in [6.07, 6.45) is 8.81. The summed E-state index contributed by atoms with van der Waals surface area (Å²) in [5, 5.41) is 36.3. The molecule has 0 radical (unpaired) electrons. The number of benzene rings is 1. The quantitative estimate of drug-likeness (QED) is 0.122. The molecule has 19 nitrogen and oxygen atoms in total. The highest BCUT2D eigenvalue weighted by Crippen LogP contribution is 2.40. The van der Waals surface area contributed by atoms with Crippen molar-refractivity contribution in [2.45, 2.75) is 49.7 Å². The summed E-state index contributed by atoms with van der Waals surface area (Å²) in [7, 11) is 0. The van der Waals surface area contributed by atoms with Gasteiger partial charge in [0.05, 0.1) is 92.8 Å². The number of hydrogen-bond donors (Lipinski definition) is 3. The van der Waals surface area contributed by atoms with Gasteiger partial charge in [0.25, 0.3) is 11.8 Å². The number of nitrogens with zero attached hydrogens (tertiary/aromatic N) is 9. The van der Waals surface area contributed by atoms with Crippen molar-refractivity contribution in [1.29, 1.82) is 5.26 Å². The Bertz CT molecular complexity index is 2270. The van der Waals surface area contributed by atoms with Crippen molar-refractivity contribution in [3.05, 3.63) is 70.8 Å². The second-order valence-corrected chi connectivity index (χ2v) is 13.8. The normalized spacial score (nSPS) is 21.1. The standard InChI is InChI=1S/C38H38N12O7/c39-21-38(22-42-34-26(19-43-47-34)33(38)44-23-6-7-23)32-24(4-2-10-41-32)28-20-49(48-46-28)12-14-56-16-18-57-17-15-55-13-11-40-27-5-1-3-25-31(27)37(54)50(36(25)53)29-8-9-30(51)45-35(29)52/h1-5,10,19-20,22-23,29,40,44H,6-9,11-18H2,(H,45,51,52). The van der Waals surface area contributed by atoms with Crippen LogP contribution in [0.15, 0.2) is 69.2 Å². The molecule has 2 aromatic heterocycles. The molecule has 8 rings (SSSR count). The zero-order valence-electron chi connectivity index (χ0n) is 30.7. The molecule has 292 valence electrons. The Kier molecular flexibility index (Phi) is 10.7. The molecule has 2 fully saturated rings. The van der Waals surface area contributed by atoms with Crippen LogP contribution in [0, 0.1) is 11.3 Å². The third kappa shape index (κ3) is 7.57. The van der Waals surface area contributed by atoms with Gasteiger partial charge in [0, 0.05) is 42.7 Å². The number of aromatic nitrogens is 4. The minimum absolute atomic E-state index is 0.0556. The number of fused-ring (bicyclic) bond motifs is 2. The van der Waals surface area contributed by atoms with Crippen LogP contribution in [0.3, 0.4) is 0 Å². The summed E-state index contributed by atoms with van der Waals surface area (Å²) in [5.74, 6) is -1.74. The van der Waals surface area contributed by atoms with Gasteiger partial charge in [0.15, 0.2) is 11.3 Å². The maximum Gasteiger partial charge on any atom is 0.264 e. The molecule has 6 heterocycles. The van der Waals surface area contributed by atoms with Crippen molar-refractivity contribution in [2.75, 3.05) is 51.5 Å². The summed E-state index contributed by atoms with van der Waals surface area (Å²) in [5.41, 5.74) is 2.63. The smallest absolute Gasteiger partial charge is 0.264 e. The summed E-state index contributed by atoms with van der Waals surface area (Å²) < 4.78 is 18.7. The fourth-order valence-corrected chi connectivity index (χ4v) is 6.98. The van der Waals surface area contributed by atoms with E-state index in [2.05, 4.69) is 52.5 Å². The predicted octanol–water partition coefficient (Wildman–Crippen LogP) is 1.15. The van der Waals surface area contributed by atoms with Crippen LogP contribution in [-0.4, -0.2) is 125 Å². The van der Waals surface area contributed by atoms with Crippen LogP contribution in [-0.2, 0) is 35.8 Å². The van der Waals surface area contributed by atoms with E-state index in [1.165, 1.54) is 0 Å². The van der Waals surface area contributed by atoms with Gasteiger partial charge in [-0.05, 0) is 43.5 Å². The van der Waals surface area contributed by atoms with Gasteiger partial charge < -0.3 is 24.8 Å². The number of ether oxygens (including phenoxy) is 3. The lowest BCUT2D eigenvalue weighted by atomic mass is 9.77. The highest BCUT2D eigenvalue weighted by Gasteiger charge is 2.47. The van der Waals surface area contributed by atoms with Crippen LogP contribution in [0.2, 0.25) is 0 Å². The van der Waals surface area contributed by atoms with Gasteiger partial charge in [0.1, 0.15) is 11.7 Å². The number of carbonyl (C=O) groups is 4. The average Bonchev–Trinajstić information content (AvgIpc) is 3.58. The van der Waals surface area contributed by atoms with E-state index in [4.69, 9.17) is 14.2 Å². The summed E-state index contributed by atoms with van der Waals surface area (Å²) in [6, 6.07) is 10.3. The van der Waals surface area contributed by atoms with Gasteiger partial charge in [-0.3, -0.25) is 34.4 Å². The SMILES string of the molecule is N#CC1(c2ncccc2-c2cn(CCOCCOCCOCCNc3cccc4c3C(=O)N(C3CCC(=O)NC3=O)C4=O)nn2)C=NC2=NN=CC2=C1NC1CC1. The van der Waals surface area contributed by atoms with E-state index in [9.17, 15) is 24.4 Å². The molecule has 3 aromatic rings. The Morgan fingerprint density at radius 1 is 0.947 bits per heavy atom. The number of amidine groups is 1. The number of piperidine rings is 1. The van der Waals surface area contributed by atoms with Crippen LogP contribution >= 0.6 is 0 Å². The summed E-state index contributed by atoms with van der Waals surface area (Å²) in [4.78, 5) is 60.3. The molecule has 4 amide bonds. The molecule has 3 N–H and O–H groups in total. The van der Waals surface area contributed by atoms with Gasteiger partial charge >= 0.3 is 0 Å². The number of pyridine rings is 1. The molecule has 1 aliphatic carbocycles. The van der Waals surface area contributed by atoms with Crippen LogP contribution in [0.25, 0.3) is 11.3 Å². The van der Waals surface area contributed by atoms with Gasteiger partial charge in [-0.2, -0.15) is 10.4 Å². The number of dihydropyridines is 1. The lowest BCUT2D eigenvalue weighted by molar-refractivity contribution is -0.136. The lowest BCUT2D eigenvalue weighted by Crippen LogP contribution is -2.54. The highest BCUT2D eigenvalue weighted by molar-refractivity contribution is 6.26. The number of anilines is 1. The highest BCUT2D eigenvalue weighted by atomic mass is 16.5. The molecular weight excluding hydrogens is 736 g/mol. The Morgan fingerprint density at radius 3 is 2.53 bits per heavy atom. The van der Waals surface area contributed by atoms with E-state index < -0.39 is 35.1 Å². The number of nitriles is 1. The monoisotopic (exact) mass is 774 g/mol. The minimum atomic E-state index is -1.30. The predicted molar refractivity (Wildman–Crippen MR) is 202 cm³/mol. The van der Waals surface area contributed by atoms with Crippen LogP contribution in [0.4, 0.5) is 5.69 Å². The Hall–Kier alpha value is -6.49. The van der Waals surface area contributed by atoms with Gasteiger partial charge in [-0.15, -0.1) is 10.2 Å². The van der Waals surface area contributed by atoms with Crippen molar-refractivity contribution in [1.82, 2.24) is 35.5 Å². The molecular formula is C38H38N12O7. The Labute approximate surface area is 325 Å². The van der Waals surface area contributed by atoms with Crippen LogP contribution in [0.1, 0.15) is 52.1 Å². The first-order chi connectivity index (χ1) is 27.9. The van der Waals surface area contributed by atoms with E-state index in [-0.39, 0.29) is 30.0 Å². The molecule has 1 saturated heterocycles. The number of imide groups is 2. The first kappa shape index (κ1) is 37.4. The van der Waals surface area contributed by atoms with E-state index in [1.54, 1.807) is 53.8 Å². The fraction of sp³-hybridized carbons (Fsp3) is 0.395. The first-order valence-corrected chi connectivity index (χ1v) is 18.6. The molecule has 57 heavy (non-hydrogen) atoms. The largest absolute Gasteiger partial charge is 0.383 e. The Morgan fingerprint density at radius 2 is 1.74 bits per heavy atom. The Balaban J connectivity index is 0.747. The third-order valence-electron chi connectivity index (χ3n) is 9.96. The van der Waals surface area contributed by atoms with E-state index >= 15 is 0 Å². The number of carbonyl (C=O) groups excluding carboxylic acids is 4. The number of amides is 4. The number of allylic oxidation sites excluding steroid dienone is 1. The third-order valence-corrected chi connectivity index (χ3v) is 9.96. The van der Waals surface area contributed by atoms with E-state index in [1.807, 2.05) is 6.07 Å². The van der Waals surface area contributed by atoms with Gasteiger partial charge in [-0.1, -0.05) is 11.3 Å². The zero-order chi connectivity index (χ0) is 39.4. The first-order valence-electron chi connectivity index (χ1n) is 18.6. The summed E-state index contributed by atoms with van der Waals surface area (Å²) in [6.45, 7) is 2.90. The topological polar surface area (TPSA) is 240 Å². The molecule has 2 unspecified atom stereocenters. The van der Waals surface area contributed by atoms with Crippen molar-refractivity contribution in [2.24, 2.45) is 15.2 Å². The number of nitrogens with one attached hydrogen (secondary N) is 3. The second kappa shape index (κ2) is 16.3. The number of aliphatic imine (C=N–C) groups is 1. The van der Waals surface area contributed by atoms with Crippen molar-refractivity contribution < 1.29 is 33.4 Å². The average molecular weight is 775 g/mol. The molecule has 1 aromatic carbocycles. The van der Waals surface area contributed by atoms with Gasteiger partial charge in [0.2, 0.25) is 11.8 Å². The van der Waals surface area contributed by atoms with E-state index in [0.717, 1.165) is 17.7 Å². The second-order valence-electron chi connectivity index (χ2n) is 13.8. The molecule has 4 aliphatic heterocycles. The molecule has 0 bridgehead atoms. The maximum absolute atomic E-state index is 13.2. The van der Waals surface area contributed by atoms with Crippen LogP contribution in [0.5, 0.6) is 0 Å². The molecule has 0 spiro atoms. The molecule has 19 heteroatoms. The molecule has 2 atom stereocenters. The van der Waals surface area contributed by atoms with E-state index in [0.29, 0.717) is 92.5 Å². The summed E-state index contributed by atoms with van der Waals surface area (Å²) >= 11 is 0. The molecule has 1 saturated carbocycles.